The third-order valence-electron chi connectivity index (χ3n) is 3.18. The molecule has 0 saturated heterocycles. The molecule has 0 fully saturated rings. The van der Waals surface area contributed by atoms with Crippen LogP contribution in [0.25, 0.3) is 0 Å². The second-order valence-corrected chi connectivity index (χ2v) is 6.31. The minimum Gasteiger partial charge on any atom is -0.320 e. The lowest BCUT2D eigenvalue weighted by molar-refractivity contribution is 0.101. The second-order valence-electron chi connectivity index (χ2n) is 4.95. The number of hydrogen-bond donors (Lipinski definition) is 2. The molecule has 2 N–H and O–H groups in total. The first kappa shape index (κ1) is 16.2. The van der Waals surface area contributed by atoms with Gasteiger partial charge in [0.15, 0.2) is 5.82 Å². The third-order valence-corrected chi connectivity index (χ3v) is 4.38. The van der Waals surface area contributed by atoms with Gasteiger partial charge in [-0.25, -0.2) is 0 Å². The molecule has 2 aromatic heterocycles. The van der Waals surface area contributed by atoms with Crippen LogP contribution < -0.4 is 10.6 Å². The van der Waals surface area contributed by atoms with Gasteiger partial charge in [-0.2, -0.15) is 5.10 Å². The number of thiophene rings is 1. The predicted octanol–water partition coefficient (Wildman–Crippen LogP) is 3.64. The maximum absolute atomic E-state index is 12.3. The van der Waals surface area contributed by atoms with Gasteiger partial charge >= 0.3 is 0 Å². The predicted molar refractivity (Wildman–Crippen MR) is 94.9 cm³/mol. The van der Waals surface area contributed by atoms with Gasteiger partial charge in [0.1, 0.15) is 0 Å². The van der Waals surface area contributed by atoms with Crippen molar-refractivity contribution in [3.8, 4) is 0 Å². The minimum atomic E-state index is -0.336. The average Bonchev–Trinajstić information content (AvgIpc) is 3.21. The molecule has 3 aromatic rings. The highest BCUT2D eigenvalue weighted by Gasteiger charge is 2.13. The largest absolute Gasteiger partial charge is 0.320 e. The molecule has 0 aliphatic rings. The lowest BCUT2D eigenvalue weighted by Gasteiger charge is -2.09. The smallest absolute Gasteiger partial charge is 0.265 e. The number of benzene rings is 1. The molecule has 0 radical (unpaired) electrons. The zero-order valence-corrected chi connectivity index (χ0v) is 14.2. The van der Waals surface area contributed by atoms with Gasteiger partial charge in [0.05, 0.1) is 15.6 Å². The van der Waals surface area contributed by atoms with Crippen LogP contribution >= 0.6 is 22.9 Å². The molecule has 0 spiro atoms. The summed E-state index contributed by atoms with van der Waals surface area (Å²) in [5.74, 6) is -0.159. The van der Waals surface area contributed by atoms with Crippen LogP contribution in [0.4, 0.5) is 11.5 Å². The molecule has 0 atom stereocenters. The molecule has 1 aromatic carbocycles. The Morgan fingerprint density at radius 1 is 1.17 bits per heavy atom. The van der Waals surface area contributed by atoms with Crippen molar-refractivity contribution < 1.29 is 9.59 Å². The first-order valence-electron chi connectivity index (χ1n) is 6.98. The van der Waals surface area contributed by atoms with Crippen molar-refractivity contribution in [3.63, 3.8) is 0 Å². The number of aromatic nitrogens is 2. The topological polar surface area (TPSA) is 76.0 Å². The minimum absolute atomic E-state index is 0.269. The van der Waals surface area contributed by atoms with Crippen LogP contribution in [0.1, 0.15) is 20.0 Å². The fourth-order valence-electron chi connectivity index (χ4n) is 2.02. The highest BCUT2D eigenvalue weighted by Crippen LogP contribution is 2.24. The first-order chi connectivity index (χ1) is 11.5. The van der Waals surface area contributed by atoms with E-state index >= 15 is 0 Å². The van der Waals surface area contributed by atoms with Gasteiger partial charge in [-0.05, 0) is 29.6 Å². The van der Waals surface area contributed by atoms with Crippen LogP contribution in [-0.4, -0.2) is 21.6 Å². The standard InChI is InChI=1S/C16H13ClN4O2S/c1-21-7-6-14(20-21)19-15(22)10-4-5-11(17)12(9-10)18-16(23)13-3-2-8-24-13/h2-9H,1H3,(H,18,23)(H,19,20,22). The van der Waals surface area contributed by atoms with E-state index < -0.39 is 0 Å². The Morgan fingerprint density at radius 3 is 2.67 bits per heavy atom. The summed E-state index contributed by atoms with van der Waals surface area (Å²) in [7, 11) is 1.76. The molecule has 8 heteroatoms. The van der Waals surface area contributed by atoms with Crippen molar-refractivity contribution in [2.75, 3.05) is 10.6 Å². The van der Waals surface area contributed by atoms with Gasteiger partial charge in [0.25, 0.3) is 11.8 Å². The quantitative estimate of drug-likeness (QED) is 0.745. The normalized spacial score (nSPS) is 10.4. The summed E-state index contributed by atoms with van der Waals surface area (Å²) in [6.45, 7) is 0. The van der Waals surface area contributed by atoms with Crippen molar-refractivity contribution in [1.82, 2.24) is 9.78 Å². The van der Waals surface area contributed by atoms with Crippen molar-refractivity contribution in [2.24, 2.45) is 7.05 Å². The number of anilines is 2. The van der Waals surface area contributed by atoms with E-state index in [4.69, 9.17) is 11.6 Å². The summed E-state index contributed by atoms with van der Waals surface area (Å²) in [5.41, 5.74) is 0.746. The number of amides is 2. The first-order valence-corrected chi connectivity index (χ1v) is 8.24. The molecular weight excluding hydrogens is 348 g/mol. The summed E-state index contributed by atoms with van der Waals surface area (Å²) in [6.07, 6.45) is 1.73. The summed E-state index contributed by atoms with van der Waals surface area (Å²) in [6, 6.07) is 9.88. The molecule has 24 heavy (non-hydrogen) atoms. The van der Waals surface area contributed by atoms with E-state index in [-0.39, 0.29) is 11.8 Å². The van der Waals surface area contributed by atoms with Crippen molar-refractivity contribution >= 4 is 46.3 Å². The van der Waals surface area contributed by atoms with Gasteiger partial charge in [-0.15, -0.1) is 11.3 Å². The molecule has 3 rings (SSSR count). The Hall–Kier alpha value is -2.64. The number of aryl methyl sites for hydroxylation is 1. The molecule has 2 amide bonds. The Labute approximate surface area is 147 Å². The molecule has 0 saturated carbocycles. The molecule has 6 nitrogen and oxygen atoms in total. The van der Waals surface area contributed by atoms with Crippen LogP contribution in [-0.2, 0) is 7.05 Å². The molecule has 0 aliphatic carbocycles. The Kier molecular flexibility index (Phi) is 4.64. The van der Waals surface area contributed by atoms with E-state index in [2.05, 4.69) is 15.7 Å². The summed E-state index contributed by atoms with van der Waals surface area (Å²) < 4.78 is 1.59. The van der Waals surface area contributed by atoms with Crippen LogP contribution in [0.5, 0.6) is 0 Å². The monoisotopic (exact) mass is 360 g/mol. The maximum atomic E-state index is 12.3. The van der Waals surface area contributed by atoms with Gasteiger partial charge < -0.3 is 10.6 Å². The number of nitrogens with zero attached hydrogens (tertiary/aromatic N) is 2. The zero-order chi connectivity index (χ0) is 17.1. The van der Waals surface area contributed by atoms with Crippen molar-refractivity contribution in [2.45, 2.75) is 0 Å². The van der Waals surface area contributed by atoms with Crippen LogP contribution in [0.3, 0.4) is 0 Å². The third kappa shape index (κ3) is 3.64. The fraction of sp³-hybridized carbons (Fsp3) is 0.0625. The number of carbonyl (C=O) groups is 2. The lowest BCUT2D eigenvalue weighted by Crippen LogP contribution is -2.14. The Morgan fingerprint density at radius 2 is 2.00 bits per heavy atom. The SMILES string of the molecule is Cn1ccc(NC(=O)c2ccc(Cl)c(NC(=O)c3cccs3)c2)n1. The molecule has 0 unspecified atom stereocenters. The van der Waals surface area contributed by atoms with Crippen molar-refractivity contribution in [1.29, 1.82) is 0 Å². The number of carbonyl (C=O) groups excluding carboxylic acids is 2. The second kappa shape index (κ2) is 6.86. The molecular formula is C16H13ClN4O2S. The van der Waals surface area contributed by atoms with E-state index in [0.717, 1.165) is 0 Å². The lowest BCUT2D eigenvalue weighted by atomic mass is 10.2. The highest BCUT2D eigenvalue weighted by atomic mass is 35.5. The summed E-state index contributed by atoms with van der Waals surface area (Å²) >= 11 is 7.44. The van der Waals surface area contributed by atoms with Crippen molar-refractivity contribution in [3.05, 3.63) is 63.4 Å². The van der Waals surface area contributed by atoms with Gasteiger partial charge in [0.2, 0.25) is 0 Å². The van der Waals surface area contributed by atoms with E-state index in [1.54, 1.807) is 48.3 Å². The van der Waals surface area contributed by atoms with E-state index in [1.807, 2.05) is 5.38 Å². The molecule has 122 valence electrons. The van der Waals surface area contributed by atoms with Gasteiger partial charge in [-0.3, -0.25) is 14.3 Å². The van der Waals surface area contributed by atoms with Crippen LogP contribution in [0.2, 0.25) is 5.02 Å². The number of hydrogen-bond acceptors (Lipinski definition) is 4. The van der Waals surface area contributed by atoms with E-state index in [0.29, 0.717) is 27.0 Å². The van der Waals surface area contributed by atoms with Gasteiger partial charge in [-0.1, -0.05) is 17.7 Å². The maximum Gasteiger partial charge on any atom is 0.265 e. The summed E-state index contributed by atoms with van der Waals surface area (Å²) in [4.78, 5) is 25.0. The Bertz CT molecular complexity index is 889. The van der Waals surface area contributed by atoms with E-state index in [1.165, 1.54) is 17.4 Å². The number of nitrogens with one attached hydrogen (secondary N) is 2. The Balaban J connectivity index is 1.78. The van der Waals surface area contributed by atoms with Gasteiger partial charge in [0, 0.05) is 24.9 Å². The molecule has 2 heterocycles. The summed E-state index contributed by atoms with van der Waals surface area (Å²) in [5, 5.41) is 11.7. The van der Waals surface area contributed by atoms with Crippen LogP contribution in [0.15, 0.2) is 48.0 Å². The van der Waals surface area contributed by atoms with E-state index in [9.17, 15) is 9.59 Å². The number of rotatable bonds is 4. The average molecular weight is 361 g/mol. The fourth-order valence-corrected chi connectivity index (χ4v) is 2.81. The highest BCUT2D eigenvalue weighted by molar-refractivity contribution is 7.12. The number of halogens is 1. The molecule has 0 aliphatic heterocycles. The molecule has 0 bridgehead atoms. The zero-order valence-electron chi connectivity index (χ0n) is 12.6. The van der Waals surface area contributed by atoms with Crippen LogP contribution in [0, 0.1) is 0 Å².